The summed E-state index contributed by atoms with van der Waals surface area (Å²) in [6.45, 7) is 4.88. The van der Waals surface area contributed by atoms with Crippen molar-refractivity contribution in [2.45, 2.75) is 45.3 Å². The first-order chi connectivity index (χ1) is 9.62. The van der Waals surface area contributed by atoms with Gasteiger partial charge >= 0.3 is 0 Å². The lowest BCUT2D eigenvalue weighted by molar-refractivity contribution is 0.181. The molecule has 0 heterocycles. The third-order valence-electron chi connectivity index (χ3n) is 3.41. The number of ether oxygens (including phenoxy) is 2. The minimum Gasteiger partial charge on any atom is -0.493 e. The van der Waals surface area contributed by atoms with E-state index in [0.717, 1.165) is 37.3 Å². The van der Waals surface area contributed by atoms with Crippen LogP contribution < -0.4 is 14.8 Å². The van der Waals surface area contributed by atoms with Gasteiger partial charge in [-0.25, -0.2) is 0 Å². The SMILES string of the molecule is CCC(NCCCC(C)O)c1ccc(OC)c(OC)c1. The molecule has 2 N–H and O–H groups in total. The predicted molar refractivity (Wildman–Crippen MR) is 81.5 cm³/mol. The van der Waals surface area contributed by atoms with Crippen LogP contribution in [-0.4, -0.2) is 32.0 Å². The molecule has 114 valence electrons. The fourth-order valence-electron chi connectivity index (χ4n) is 2.24. The quantitative estimate of drug-likeness (QED) is 0.683. The zero-order chi connectivity index (χ0) is 15.0. The highest BCUT2D eigenvalue weighted by Crippen LogP contribution is 2.30. The van der Waals surface area contributed by atoms with Crippen molar-refractivity contribution in [3.63, 3.8) is 0 Å². The van der Waals surface area contributed by atoms with Crippen LogP contribution in [0, 0.1) is 0 Å². The maximum atomic E-state index is 9.26. The molecular weight excluding hydrogens is 254 g/mol. The van der Waals surface area contributed by atoms with Crippen LogP contribution in [0.2, 0.25) is 0 Å². The Kier molecular flexibility index (Phi) is 7.41. The second kappa shape index (κ2) is 8.82. The van der Waals surface area contributed by atoms with Crippen molar-refractivity contribution < 1.29 is 14.6 Å². The van der Waals surface area contributed by atoms with E-state index >= 15 is 0 Å². The Hall–Kier alpha value is -1.26. The number of aliphatic hydroxyl groups excluding tert-OH is 1. The molecule has 0 spiro atoms. The van der Waals surface area contributed by atoms with Gasteiger partial charge in [-0.05, 0) is 50.4 Å². The molecule has 4 heteroatoms. The Morgan fingerprint density at radius 3 is 2.45 bits per heavy atom. The number of aliphatic hydroxyl groups is 1. The average molecular weight is 281 g/mol. The normalized spacial score (nSPS) is 13.8. The molecule has 0 aromatic heterocycles. The van der Waals surface area contributed by atoms with Crippen LogP contribution >= 0.6 is 0 Å². The van der Waals surface area contributed by atoms with Gasteiger partial charge in [0.25, 0.3) is 0 Å². The third kappa shape index (κ3) is 5.02. The first-order valence-electron chi connectivity index (χ1n) is 7.25. The number of benzene rings is 1. The van der Waals surface area contributed by atoms with Gasteiger partial charge in [-0.2, -0.15) is 0 Å². The van der Waals surface area contributed by atoms with E-state index in [1.165, 1.54) is 5.56 Å². The zero-order valence-electron chi connectivity index (χ0n) is 13.0. The van der Waals surface area contributed by atoms with Crippen LogP contribution in [0.5, 0.6) is 11.5 Å². The second-order valence-electron chi connectivity index (χ2n) is 5.02. The van der Waals surface area contributed by atoms with Crippen molar-refractivity contribution in [3.8, 4) is 11.5 Å². The van der Waals surface area contributed by atoms with Gasteiger partial charge in [0.05, 0.1) is 20.3 Å². The van der Waals surface area contributed by atoms with Crippen molar-refractivity contribution in [3.05, 3.63) is 23.8 Å². The third-order valence-corrected chi connectivity index (χ3v) is 3.41. The molecule has 2 unspecified atom stereocenters. The average Bonchev–Trinajstić information content (AvgIpc) is 2.46. The van der Waals surface area contributed by atoms with Crippen LogP contribution in [0.3, 0.4) is 0 Å². The summed E-state index contributed by atoms with van der Waals surface area (Å²) < 4.78 is 10.6. The molecule has 4 nitrogen and oxygen atoms in total. The molecule has 0 fully saturated rings. The molecule has 0 aliphatic heterocycles. The molecule has 0 radical (unpaired) electrons. The number of hydrogen-bond donors (Lipinski definition) is 2. The molecule has 20 heavy (non-hydrogen) atoms. The summed E-state index contributed by atoms with van der Waals surface area (Å²) in [5, 5.41) is 12.8. The first kappa shape index (κ1) is 16.8. The molecule has 0 bridgehead atoms. The van der Waals surface area contributed by atoms with Crippen molar-refractivity contribution in [2.75, 3.05) is 20.8 Å². The topological polar surface area (TPSA) is 50.7 Å². The van der Waals surface area contributed by atoms with E-state index in [4.69, 9.17) is 9.47 Å². The highest BCUT2D eigenvalue weighted by molar-refractivity contribution is 5.43. The number of nitrogens with one attached hydrogen (secondary N) is 1. The van der Waals surface area contributed by atoms with E-state index < -0.39 is 0 Å². The monoisotopic (exact) mass is 281 g/mol. The van der Waals surface area contributed by atoms with Gasteiger partial charge in [-0.3, -0.25) is 0 Å². The van der Waals surface area contributed by atoms with Gasteiger partial charge in [0.1, 0.15) is 0 Å². The molecule has 0 saturated carbocycles. The van der Waals surface area contributed by atoms with Crippen molar-refractivity contribution in [1.82, 2.24) is 5.32 Å². The second-order valence-corrected chi connectivity index (χ2v) is 5.02. The van der Waals surface area contributed by atoms with Gasteiger partial charge in [0.2, 0.25) is 0 Å². The van der Waals surface area contributed by atoms with Crippen LogP contribution in [0.25, 0.3) is 0 Å². The molecule has 1 aromatic carbocycles. The summed E-state index contributed by atoms with van der Waals surface area (Å²) >= 11 is 0. The van der Waals surface area contributed by atoms with Crippen molar-refractivity contribution >= 4 is 0 Å². The fraction of sp³-hybridized carbons (Fsp3) is 0.625. The number of methoxy groups -OCH3 is 2. The molecule has 0 amide bonds. The van der Waals surface area contributed by atoms with E-state index in [2.05, 4.69) is 18.3 Å². The number of hydrogen-bond acceptors (Lipinski definition) is 4. The van der Waals surface area contributed by atoms with Gasteiger partial charge in [0.15, 0.2) is 11.5 Å². The molecule has 0 aliphatic carbocycles. The minimum absolute atomic E-state index is 0.224. The first-order valence-corrected chi connectivity index (χ1v) is 7.25. The zero-order valence-corrected chi connectivity index (χ0v) is 13.0. The molecule has 1 rings (SSSR count). The Labute approximate surface area is 122 Å². The lowest BCUT2D eigenvalue weighted by Gasteiger charge is -2.19. The summed E-state index contributed by atoms with van der Waals surface area (Å²) in [4.78, 5) is 0. The van der Waals surface area contributed by atoms with Crippen LogP contribution in [0.4, 0.5) is 0 Å². The highest BCUT2D eigenvalue weighted by atomic mass is 16.5. The van der Waals surface area contributed by atoms with E-state index in [1.807, 2.05) is 19.1 Å². The van der Waals surface area contributed by atoms with Gasteiger partial charge in [-0.1, -0.05) is 13.0 Å². The Morgan fingerprint density at radius 2 is 1.90 bits per heavy atom. The lowest BCUT2D eigenvalue weighted by Crippen LogP contribution is -2.22. The van der Waals surface area contributed by atoms with E-state index in [-0.39, 0.29) is 6.10 Å². The predicted octanol–water partition coefficient (Wildman–Crippen LogP) is 2.91. The van der Waals surface area contributed by atoms with Crippen LogP contribution in [0.15, 0.2) is 18.2 Å². The van der Waals surface area contributed by atoms with Crippen molar-refractivity contribution in [1.29, 1.82) is 0 Å². The molecule has 2 atom stereocenters. The van der Waals surface area contributed by atoms with Gasteiger partial charge in [-0.15, -0.1) is 0 Å². The smallest absolute Gasteiger partial charge is 0.161 e. The summed E-state index contributed by atoms with van der Waals surface area (Å²) in [6.07, 6.45) is 2.58. The summed E-state index contributed by atoms with van der Waals surface area (Å²) in [5.74, 6) is 1.51. The largest absolute Gasteiger partial charge is 0.493 e. The highest BCUT2D eigenvalue weighted by Gasteiger charge is 2.12. The minimum atomic E-state index is -0.224. The molecule has 0 saturated heterocycles. The molecule has 0 aliphatic rings. The van der Waals surface area contributed by atoms with Crippen LogP contribution in [0.1, 0.15) is 44.7 Å². The maximum Gasteiger partial charge on any atom is 0.161 e. The van der Waals surface area contributed by atoms with Gasteiger partial charge in [0, 0.05) is 6.04 Å². The van der Waals surface area contributed by atoms with Crippen LogP contribution in [-0.2, 0) is 0 Å². The summed E-state index contributed by atoms with van der Waals surface area (Å²) in [5.41, 5.74) is 1.20. The van der Waals surface area contributed by atoms with E-state index in [1.54, 1.807) is 14.2 Å². The Balaban J connectivity index is 2.64. The maximum absolute atomic E-state index is 9.26. The van der Waals surface area contributed by atoms with E-state index in [0.29, 0.717) is 6.04 Å². The Bertz CT molecular complexity index is 393. The van der Waals surface area contributed by atoms with Gasteiger partial charge < -0.3 is 19.9 Å². The van der Waals surface area contributed by atoms with Crippen molar-refractivity contribution in [2.24, 2.45) is 0 Å². The summed E-state index contributed by atoms with van der Waals surface area (Å²) in [6, 6.07) is 6.32. The van der Waals surface area contributed by atoms with E-state index in [9.17, 15) is 5.11 Å². The lowest BCUT2D eigenvalue weighted by atomic mass is 10.0. The Morgan fingerprint density at radius 1 is 1.20 bits per heavy atom. The molecular formula is C16H27NO3. The fourth-order valence-corrected chi connectivity index (χ4v) is 2.24. The standard InChI is InChI=1S/C16H27NO3/c1-5-14(17-10-6-7-12(2)18)13-8-9-15(19-3)16(11-13)20-4/h8-9,11-12,14,17-18H,5-7,10H2,1-4H3. The number of rotatable bonds is 9. The summed E-state index contributed by atoms with van der Waals surface area (Å²) in [7, 11) is 3.29. The molecule has 1 aromatic rings.